The molecule has 17 heteroatoms. The number of anilines is 3. The fraction of sp³-hybridized carbons (Fsp3) is 0.406. The van der Waals surface area contributed by atoms with Gasteiger partial charge in [-0.3, -0.25) is 13.8 Å². The Kier molecular flexibility index (Phi) is 7.88. The minimum absolute atomic E-state index is 0.00814. The van der Waals surface area contributed by atoms with Crippen molar-refractivity contribution in [1.29, 1.82) is 0 Å². The summed E-state index contributed by atoms with van der Waals surface area (Å²) < 4.78 is 93.2. The zero-order valence-corrected chi connectivity index (χ0v) is 28.8. The SMILES string of the molecule is CN1CC2CCC(C1)N2c1nc(-c2cccc(NS(=O)(=O)c3c(F)cccc3F)c2F)c(-c2ccnc(NC3CC4(C3)CS(O)(O)C4)n2)s1. The third-order valence-corrected chi connectivity index (χ3v) is 14.5. The van der Waals surface area contributed by atoms with E-state index in [0.29, 0.717) is 33.2 Å². The number of fused-ring (bicyclic) bond motifs is 2. The predicted molar refractivity (Wildman–Crippen MR) is 184 cm³/mol. The van der Waals surface area contributed by atoms with E-state index in [0.717, 1.165) is 57.0 Å². The largest absolute Gasteiger partial charge is 0.351 e. The van der Waals surface area contributed by atoms with Crippen molar-refractivity contribution in [3.63, 3.8) is 0 Å². The van der Waals surface area contributed by atoms with Gasteiger partial charge in [0.05, 0.1) is 22.0 Å². The molecule has 5 heterocycles. The molecule has 2 unspecified atom stereocenters. The van der Waals surface area contributed by atoms with Crippen LogP contribution >= 0.6 is 21.9 Å². The number of hydrogen-bond acceptors (Lipinski definition) is 11. The Morgan fingerprint density at radius 1 is 0.980 bits per heavy atom. The van der Waals surface area contributed by atoms with Crippen molar-refractivity contribution in [3.8, 4) is 21.8 Å². The molecule has 2 bridgehead atoms. The van der Waals surface area contributed by atoms with Crippen LogP contribution in [0.5, 0.6) is 0 Å². The van der Waals surface area contributed by atoms with Crippen LogP contribution in [0.2, 0.25) is 0 Å². The molecular weight excluding hydrogens is 700 g/mol. The number of hydrogen-bond donors (Lipinski definition) is 4. The van der Waals surface area contributed by atoms with Gasteiger partial charge in [0.25, 0.3) is 10.0 Å². The van der Waals surface area contributed by atoms with E-state index < -0.39 is 48.6 Å². The lowest BCUT2D eigenvalue weighted by Crippen LogP contribution is -2.57. The molecule has 2 aromatic heterocycles. The first kappa shape index (κ1) is 32.7. The first-order valence-electron chi connectivity index (χ1n) is 15.9. The lowest BCUT2D eigenvalue weighted by atomic mass is 9.67. The molecule has 3 saturated heterocycles. The van der Waals surface area contributed by atoms with E-state index in [1.807, 2.05) is 4.72 Å². The first-order valence-corrected chi connectivity index (χ1v) is 20.1. The average molecular weight is 734 g/mol. The highest BCUT2D eigenvalue weighted by Gasteiger charge is 2.56. The lowest BCUT2D eigenvalue weighted by molar-refractivity contribution is 0.140. The van der Waals surface area contributed by atoms with Crippen LogP contribution in [0.4, 0.5) is 29.9 Å². The van der Waals surface area contributed by atoms with Gasteiger partial charge in [0.2, 0.25) is 5.95 Å². The quantitative estimate of drug-likeness (QED) is 0.168. The molecule has 4 aliphatic rings. The second-order valence-corrected chi connectivity index (χ2v) is 18.4. The smallest absolute Gasteiger partial charge is 0.267 e. The van der Waals surface area contributed by atoms with Gasteiger partial charge in [0, 0.05) is 59.9 Å². The molecule has 2 atom stereocenters. The zero-order chi connectivity index (χ0) is 34.3. The standard InChI is InChI=1S/C32H34F3N7O4S3/c1-41-14-19-8-9-20(15-41)42(19)31-39-27(21-4-2-7-24(26(21)35)40-49(45,46)29-22(33)5-3-6-23(29)34)28(47-31)25-10-11-36-30(38-25)37-18-12-32(13-18)16-48(43,44)17-32/h2-7,10-11,18-20,40,43-44H,8-9,12-17H2,1H3,(H,36,37,38). The van der Waals surface area contributed by atoms with Crippen LogP contribution in [0.1, 0.15) is 25.7 Å². The van der Waals surface area contributed by atoms with Crippen molar-refractivity contribution in [3.05, 3.63) is 66.1 Å². The van der Waals surface area contributed by atoms with E-state index in [4.69, 9.17) is 9.97 Å². The van der Waals surface area contributed by atoms with E-state index in [1.54, 1.807) is 12.3 Å². The number of benzene rings is 2. The fourth-order valence-electron chi connectivity index (χ4n) is 7.93. The van der Waals surface area contributed by atoms with Crippen molar-refractivity contribution in [2.45, 2.75) is 48.7 Å². The normalized spacial score (nSPS) is 23.6. The molecule has 4 N–H and O–H groups in total. The summed E-state index contributed by atoms with van der Waals surface area (Å²) >= 11 is 1.37. The van der Waals surface area contributed by atoms with Crippen molar-refractivity contribution < 1.29 is 30.7 Å². The Labute approximate surface area is 287 Å². The van der Waals surface area contributed by atoms with E-state index in [-0.39, 0.29) is 34.8 Å². The minimum atomic E-state index is -4.83. The molecule has 8 rings (SSSR count). The third-order valence-electron chi connectivity index (χ3n) is 9.84. The van der Waals surface area contributed by atoms with Gasteiger partial charge in [-0.05, 0) is 63.1 Å². The number of rotatable bonds is 8. The molecule has 4 aromatic rings. The Bertz CT molecular complexity index is 2020. The molecule has 1 aliphatic carbocycles. The minimum Gasteiger partial charge on any atom is -0.351 e. The van der Waals surface area contributed by atoms with Gasteiger partial charge in [0.15, 0.2) is 15.8 Å². The highest BCUT2D eigenvalue weighted by molar-refractivity contribution is 8.25. The fourth-order valence-corrected chi connectivity index (χ4v) is 12.7. The van der Waals surface area contributed by atoms with Crippen molar-refractivity contribution >= 4 is 48.7 Å². The van der Waals surface area contributed by atoms with Crippen LogP contribution in [0.15, 0.2) is 53.6 Å². The number of likely N-dealkylation sites (N-methyl/N-ethyl adjacent to an activating group) is 1. The molecule has 0 amide bonds. The molecular formula is C32H34F3N7O4S3. The van der Waals surface area contributed by atoms with Crippen LogP contribution in [0, 0.1) is 22.9 Å². The molecule has 11 nitrogen and oxygen atoms in total. The highest BCUT2D eigenvalue weighted by Crippen LogP contribution is 2.66. The third kappa shape index (κ3) is 5.93. The topological polar surface area (TPSA) is 144 Å². The van der Waals surface area contributed by atoms with Crippen molar-refractivity contribution in [2.75, 3.05) is 46.6 Å². The highest BCUT2D eigenvalue weighted by atomic mass is 32.3. The number of sulfonamides is 1. The van der Waals surface area contributed by atoms with Crippen LogP contribution < -0.4 is 14.9 Å². The molecule has 1 spiro atoms. The Balaban J connectivity index is 1.15. The molecule has 3 aliphatic heterocycles. The average Bonchev–Trinajstić information content (AvgIpc) is 3.54. The molecule has 0 radical (unpaired) electrons. The van der Waals surface area contributed by atoms with Crippen molar-refractivity contribution in [2.24, 2.45) is 5.41 Å². The number of aromatic nitrogens is 3. The molecule has 1 saturated carbocycles. The summed E-state index contributed by atoms with van der Waals surface area (Å²) in [4.78, 5) is 18.1. The maximum Gasteiger partial charge on any atom is 0.267 e. The number of piperazine rings is 1. The van der Waals surface area contributed by atoms with Crippen molar-refractivity contribution in [1.82, 2.24) is 19.9 Å². The number of thiazole rings is 1. The van der Waals surface area contributed by atoms with Gasteiger partial charge in [-0.15, -0.1) is 0 Å². The van der Waals surface area contributed by atoms with Gasteiger partial charge < -0.3 is 15.1 Å². The predicted octanol–water partition coefficient (Wildman–Crippen LogP) is 6.09. The summed E-state index contributed by atoms with van der Waals surface area (Å²) in [6.45, 7) is 1.72. The molecule has 2 aromatic carbocycles. The van der Waals surface area contributed by atoms with Gasteiger partial charge >= 0.3 is 0 Å². The Hall–Kier alpha value is -3.48. The maximum absolute atomic E-state index is 16.4. The summed E-state index contributed by atoms with van der Waals surface area (Å²) in [5, 5.41) is 4.05. The summed E-state index contributed by atoms with van der Waals surface area (Å²) in [5.41, 5.74) is 0.199. The number of nitrogens with one attached hydrogen (secondary N) is 2. The maximum atomic E-state index is 16.4. The monoisotopic (exact) mass is 733 g/mol. The lowest BCUT2D eigenvalue weighted by Gasteiger charge is -2.63. The van der Waals surface area contributed by atoms with Gasteiger partial charge in [-0.25, -0.2) is 36.5 Å². The first-order chi connectivity index (χ1) is 23.3. The Morgan fingerprint density at radius 3 is 2.33 bits per heavy atom. The summed E-state index contributed by atoms with van der Waals surface area (Å²) in [7, 11) is -5.19. The zero-order valence-electron chi connectivity index (χ0n) is 26.3. The van der Waals surface area contributed by atoms with Crippen LogP contribution in [0.25, 0.3) is 21.8 Å². The number of nitrogens with zero attached hydrogens (tertiary/aromatic N) is 5. The molecule has 260 valence electrons. The number of likely N-dealkylation sites (tertiary alicyclic amines) is 1. The van der Waals surface area contributed by atoms with Crippen LogP contribution in [-0.4, -0.2) is 87.1 Å². The van der Waals surface area contributed by atoms with Crippen LogP contribution in [0.3, 0.4) is 0 Å². The second-order valence-electron chi connectivity index (χ2n) is 13.6. The van der Waals surface area contributed by atoms with Gasteiger partial charge in [-0.1, -0.05) is 23.5 Å². The van der Waals surface area contributed by atoms with Gasteiger partial charge in [0.1, 0.15) is 11.6 Å². The Morgan fingerprint density at radius 2 is 1.65 bits per heavy atom. The number of halogens is 3. The van der Waals surface area contributed by atoms with E-state index in [2.05, 4.69) is 27.1 Å². The summed E-state index contributed by atoms with van der Waals surface area (Å²) in [5.74, 6) is -2.33. The van der Waals surface area contributed by atoms with Gasteiger partial charge in [-0.2, -0.15) is 10.6 Å². The summed E-state index contributed by atoms with van der Waals surface area (Å²) in [6, 6.07) is 9.03. The second kappa shape index (κ2) is 11.8. The van der Waals surface area contributed by atoms with E-state index in [9.17, 15) is 26.3 Å². The molecule has 4 fully saturated rings. The summed E-state index contributed by atoms with van der Waals surface area (Å²) in [6.07, 6.45) is 5.16. The molecule has 49 heavy (non-hydrogen) atoms. The van der Waals surface area contributed by atoms with E-state index >= 15 is 4.39 Å². The van der Waals surface area contributed by atoms with E-state index in [1.165, 1.54) is 29.5 Å². The van der Waals surface area contributed by atoms with Crippen LogP contribution in [-0.2, 0) is 10.0 Å².